The number of para-hydroxylation sites is 1. The Morgan fingerprint density at radius 1 is 1.21 bits per heavy atom. The molecule has 0 saturated heterocycles. The van der Waals surface area contributed by atoms with E-state index in [9.17, 15) is 9.18 Å². The molecule has 0 unspecified atom stereocenters. The number of nitrogens with zero attached hydrogens (tertiary/aromatic N) is 2. The van der Waals surface area contributed by atoms with Gasteiger partial charge in [0, 0.05) is 17.0 Å². The summed E-state index contributed by atoms with van der Waals surface area (Å²) in [7, 11) is 1.51. The van der Waals surface area contributed by atoms with Crippen molar-refractivity contribution < 1.29 is 13.9 Å². The predicted octanol–water partition coefficient (Wildman–Crippen LogP) is 5.22. The fourth-order valence-electron chi connectivity index (χ4n) is 2.59. The minimum Gasteiger partial charge on any atom is -0.496 e. The van der Waals surface area contributed by atoms with E-state index < -0.39 is 0 Å². The van der Waals surface area contributed by atoms with E-state index in [4.69, 9.17) is 4.74 Å². The van der Waals surface area contributed by atoms with Crippen molar-refractivity contribution in [3.63, 3.8) is 0 Å². The lowest BCUT2D eigenvalue weighted by Gasteiger charge is -2.05. The first-order valence-corrected chi connectivity index (χ1v) is 9.96. The maximum Gasteiger partial charge on any atom is 0.250 e. The Morgan fingerprint density at radius 2 is 2.07 bits per heavy atom. The van der Waals surface area contributed by atoms with Crippen LogP contribution >= 0.6 is 22.7 Å². The molecule has 1 N–H and O–H groups in total. The number of thiazole rings is 2. The molecule has 4 aromatic rings. The normalized spacial score (nSPS) is 11.2. The second-order valence-corrected chi connectivity index (χ2v) is 7.65. The van der Waals surface area contributed by atoms with Crippen molar-refractivity contribution in [2.24, 2.45) is 0 Å². The highest BCUT2D eigenvalue weighted by atomic mass is 32.1. The van der Waals surface area contributed by atoms with E-state index in [1.54, 1.807) is 17.5 Å². The van der Waals surface area contributed by atoms with Gasteiger partial charge in [0.25, 0.3) is 0 Å². The zero-order chi connectivity index (χ0) is 19.5. The van der Waals surface area contributed by atoms with Crippen LogP contribution in [0.1, 0.15) is 5.01 Å². The van der Waals surface area contributed by atoms with Crippen LogP contribution in [0.2, 0.25) is 0 Å². The quantitative estimate of drug-likeness (QED) is 0.457. The minimum absolute atomic E-state index is 0.314. The first kappa shape index (κ1) is 18.3. The number of carbonyl (C=O) groups excluding carboxylic acids is 1. The van der Waals surface area contributed by atoms with E-state index in [1.807, 2.05) is 24.3 Å². The summed E-state index contributed by atoms with van der Waals surface area (Å²) in [4.78, 5) is 21.0. The van der Waals surface area contributed by atoms with Gasteiger partial charge in [-0.25, -0.2) is 14.4 Å². The molecule has 4 rings (SSSR count). The van der Waals surface area contributed by atoms with Crippen molar-refractivity contribution in [3.8, 4) is 17.0 Å². The minimum atomic E-state index is -0.381. The highest BCUT2D eigenvalue weighted by Gasteiger charge is 2.12. The Balaban J connectivity index is 1.48. The fraction of sp³-hybridized carbons (Fsp3) is 0.0500. The molecule has 5 nitrogen and oxygen atoms in total. The average Bonchev–Trinajstić information content (AvgIpc) is 3.32. The number of halogens is 1. The number of amides is 1. The van der Waals surface area contributed by atoms with Gasteiger partial charge in [-0.1, -0.05) is 12.1 Å². The van der Waals surface area contributed by atoms with Crippen molar-refractivity contribution in [2.75, 3.05) is 12.4 Å². The van der Waals surface area contributed by atoms with Crippen molar-refractivity contribution in [3.05, 3.63) is 64.7 Å². The van der Waals surface area contributed by atoms with Gasteiger partial charge in [0.05, 0.1) is 23.0 Å². The van der Waals surface area contributed by atoms with Gasteiger partial charge in [-0.3, -0.25) is 10.1 Å². The molecule has 0 aliphatic heterocycles. The first-order chi connectivity index (χ1) is 13.6. The number of anilines is 1. The van der Waals surface area contributed by atoms with Gasteiger partial charge in [0.15, 0.2) is 5.13 Å². The van der Waals surface area contributed by atoms with E-state index in [1.165, 1.54) is 48.0 Å². The Bertz CT molecular complexity index is 1150. The van der Waals surface area contributed by atoms with Crippen LogP contribution in [-0.4, -0.2) is 23.0 Å². The smallest absolute Gasteiger partial charge is 0.250 e. The van der Waals surface area contributed by atoms with Crippen LogP contribution in [0.3, 0.4) is 0 Å². The number of aromatic nitrogens is 2. The number of hydrogen-bond acceptors (Lipinski definition) is 6. The topological polar surface area (TPSA) is 64.1 Å². The number of methoxy groups -OCH3 is 1. The van der Waals surface area contributed by atoms with Crippen molar-refractivity contribution >= 4 is 50.0 Å². The lowest BCUT2D eigenvalue weighted by Crippen LogP contribution is -2.07. The predicted molar refractivity (Wildman–Crippen MR) is 111 cm³/mol. The highest BCUT2D eigenvalue weighted by Crippen LogP contribution is 2.32. The van der Waals surface area contributed by atoms with Gasteiger partial charge < -0.3 is 4.74 Å². The standard InChI is InChI=1S/C20H14FN3O2S2/c1-26-16-7-6-12(21)10-13(16)15-11-27-20(23-15)24-18(25)8-9-19-22-14-4-2-3-5-17(14)28-19/h2-11H,1H3,(H,23,24,25)/b9-8+. The largest absolute Gasteiger partial charge is 0.496 e. The molecular formula is C20H14FN3O2S2. The van der Waals surface area contributed by atoms with Crippen molar-refractivity contribution in [2.45, 2.75) is 0 Å². The second kappa shape index (κ2) is 7.87. The Labute approximate surface area is 168 Å². The van der Waals surface area contributed by atoms with Crippen LogP contribution in [-0.2, 0) is 4.79 Å². The van der Waals surface area contributed by atoms with Crippen molar-refractivity contribution in [1.82, 2.24) is 9.97 Å². The molecule has 2 heterocycles. The molecule has 0 radical (unpaired) electrons. The molecule has 0 spiro atoms. The van der Waals surface area contributed by atoms with Gasteiger partial charge in [-0.05, 0) is 36.4 Å². The molecule has 2 aromatic carbocycles. The number of fused-ring (bicyclic) bond motifs is 1. The summed E-state index contributed by atoms with van der Waals surface area (Å²) >= 11 is 2.77. The van der Waals surface area contributed by atoms with E-state index in [-0.39, 0.29) is 11.7 Å². The van der Waals surface area contributed by atoms with Gasteiger partial charge in [-0.2, -0.15) is 0 Å². The Morgan fingerprint density at radius 3 is 2.89 bits per heavy atom. The third-order valence-corrected chi connectivity index (χ3v) is 5.62. The number of nitrogens with one attached hydrogen (secondary N) is 1. The van der Waals surface area contributed by atoms with Crippen LogP contribution in [0.5, 0.6) is 5.75 Å². The SMILES string of the molecule is COc1ccc(F)cc1-c1csc(NC(=O)/C=C/c2nc3ccccc3s2)n1. The zero-order valence-corrected chi connectivity index (χ0v) is 16.3. The monoisotopic (exact) mass is 411 g/mol. The lowest BCUT2D eigenvalue weighted by atomic mass is 10.1. The number of benzene rings is 2. The third-order valence-electron chi connectivity index (χ3n) is 3.86. The summed E-state index contributed by atoms with van der Waals surface area (Å²) in [5, 5.41) is 5.62. The van der Waals surface area contributed by atoms with Crippen molar-refractivity contribution in [1.29, 1.82) is 0 Å². The molecule has 0 aliphatic carbocycles. The summed E-state index contributed by atoms with van der Waals surface area (Å²) in [5.74, 6) is -0.181. The zero-order valence-electron chi connectivity index (χ0n) is 14.7. The molecule has 28 heavy (non-hydrogen) atoms. The maximum absolute atomic E-state index is 13.6. The van der Waals surface area contributed by atoms with E-state index in [0.717, 1.165) is 15.2 Å². The maximum atomic E-state index is 13.6. The number of carbonyl (C=O) groups is 1. The number of hydrogen-bond donors (Lipinski definition) is 1. The molecule has 1 amide bonds. The summed E-state index contributed by atoms with van der Waals surface area (Å²) < 4.78 is 19.9. The van der Waals surface area contributed by atoms with Crippen LogP contribution in [0.15, 0.2) is 53.9 Å². The summed E-state index contributed by atoms with van der Waals surface area (Å²) in [6.07, 6.45) is 3.09. The molecule has 0 fully saturated rings. The summed E-state index contributed by atoms with van der Waals surface area (Å²) in [5.41, 5.74) is 1.97. The van der Waals surface area contributed by atoms with Crippen LogP contribution < -0.4 is 10.1 Å². The lowest BCUT2D eigenvalue weighted by molar-refractivity contribution is -0.111. The van der Waals surface area contributed by atoms with Crippen LogP contribution in [0, 0.1) is 5.82 Å². The van der Waals surface area contributed by atoms with Gasteiger partial charge >= 0.3 is 0 Å². The number of rotatable bonds is 5. The van der Waals surface area contributed by atoms with E-state index in [0.29, 0.717) is 22.1 Å². The Kier molecular flexibility index (Phi) is 5.14. The van der Waals surface area contributed by atoms with E-state index >= 15 is 0 Å². The summed E-state index contributed by atoms with van der Waals surface area (Å²) in [6.45, 7) is 0. The molecule has 2 aromatic heterocycles. The third kappa shape index (κ3) is 3.92. The summed E-state index contributed by atoms with van der Waals surface area (Å²) in [6, 6.07) is 12.0. The van der Waals surface area contributed by atoms with Crippen LogP contribution in [0.4, 0.5) is 9.52 Å². The molecule has 140 valence electrons. The molecular weight excluding hydrogens is 397 g/mol. The van der Waals surface area contributed by atoms with E-state index in [2.05, 4.69) is 15.3 Å². The average molecular weight is 411 g/mol. The molecule has 0 saturated carbocycles. The van der Waals surface area contributed by atoms with Gasteiger partial charge in [0.1, 0.15) is 16.6 Å². The molecule has 0 atom stereocenters. The second-order valence-electron chi connectivity index (χ2n) is 5.72. The van der Waals surface area contributed by atoms with Crippen LogP contribution in [0.25, 0.3) is 27.6 Å². The van der Waals surface area contributed by atoms with Gasteiger partial charge in [0.2, 0.25) is 5.91 Å². The molecule has 8 heteroatoms. The molecule has 0 aliphatic rings. The number of ether oxygens (including phenoxy) is 1. The fourth-order valence-corrected chi connectivity index (χ4v) is 4.17. The highest BCUT2D eigenvalue weighted by molar-refractivity contribution is 7.19. The first-order valence-electron chi connectivity index (χ1n) is 8.26. The Hall–Kier alpha value is -3.10. The molecule has 0 bridgehead atoms. The van der Waals surface area contributed by atoms with Gasteiger partial charge in [-0.15, -0.1) is 22.7 Å².